The number of amides is 1. The second kappa shape index (κ2) is 14.2. The lowest BCUT2D eigenvalue weighted by Crippen LogP contribution is -2.39. The van der Waals surface area contributed by atoms with Crippen molar-refractivity contribution in [2.24, 2.45) is 0 Å². The molecule has 1 amide bonds. The molecule has 47 heavy (non-hydrogen) atoms. The predicted octanol–water partition coefficient (Wildman–Crippen LogP) is 8.98. The van der Waals surface area contributed by atoms with Crippen LogP contribution in [0.1, 0.15) is 95.6 Å². The average molecular weight is 652 g/mol. The Morgan fingerprint density at radius 2 is 1.60 bits per heavy atom. The molecule has 0 saturated heterocycles. The second-order valence-corrected chi connectivity index (χ2v) is 14.2. The van der Waals surface area contributed by atoms with E-state index in [2.05, 4.69) is 81.4 Å². The van der Waals surface area contributed by atoms with Crippen molar-refractivity contribution in [3.05, 3.63) is 95.6 Å². The van der Waals surface area contributed by atoms with Gasteiger partial charge >= 0.3 is 0 Å². The molecule has 0 spiro atoms. The Morgan fingerprint density at radius 1 is 0.915 bits per heavy atom. The molecule has 1 atom stereocenters. The van der Waals surface area contributed by atoms with Crippen LogP contribution in [-0.2, 0) is 10.8 Å². The van der Waals surface area contributed by atoms with E-state index in [4.69, 9.17) is 4.74 Å². The highest BCUT2D eigenvalue weighted by molar-refractivity contribution is 7.99. The van der Waals surface area contributed by atoms with Gasteiger partial charge in [0.05, 0.1) is 11.3 Å². The van der Waals surface area contributed by atoms with E-state index in [9.17, 15) is 9.90 Å². The Hall–Kier alpha value is -4.37. The number of phenols is 1. The minimum atomic E-state index is -0.601. The van der Waals surface area contributed by atoms with Gasteiger partial charge in [-0.15, -0.1) is 5.10 Å². The first kappa shape index (κ1) is 34.0. The maximum atomic E-state index is 14.0. The van der Waals surface area contributed by atoms with E-state index in [-0.39, 0.29) is 22.1 Å². The molecule has 0 fully saturated rings. The summed E-state index contributed by atoms with van der Waals surface area (Å²) in [7, 11) is 0. The van der Waals surface area contributed by atoms with Crippen molar-refractivity contribution in [2.75, 3.05) is 0 Å². The fraction of sp³-hybridized carbons (Fsp3) is 0.368. The predicted molar refractivity (Wildman–Crippen MR) is 189 cm³/mol. The number of fused-ring (bicyclic) bond motifs is 1. The number of aromatic hydroxyl groups is 1. The number of nitrogens with one attached hydrogen (secondary N) is 1. The monoisotopic (exact) mass is 651 g/mol. The molecule has 5 aromatic rings. The van der Waals surface area contributed by atoms with Crippen molar-refractivity contribution in [3.8, 4) is 17.2 Å². The van der Waals surface area contributed by atoms with Gasteiger partial charge in [-0.25, -0.2) is 0 Å². The molecule has 0 radical (unpaired) electrons. The molecular formula is C38H45N5O3S. The highest BCUT2D eigenvalue weighted by atomic mass is 32.2. The molecule has 1 aromatic heterocycles. The van der Waals surface area contributed by atoms with E-state index in [1.807, 2.05) is 60.7 Å². The largest absolute Gasteiger partial charge is 0.506 e. The number of hydrogen-bond acceptors (Lipinski definition) is 7. The molecule has 0 aliphatic heterocycles. The summed E-state index contributed by atoms with van der Waals surface area (Å²) < 4.78 is 8.28. The molecule has 246 valence electrons. The topological polar surface area (TPSA) is 102 Å². The number of nitrogens with zero attached hydrogens (tertiary/aromatic N) is 4. The van der Waals surface area contributed by atoms with Crippen LogP contribution in [0.25, 0.3) is 16.5 Å². The van der Waals surface area contributed by atoms with Gasteiger partial charge in [-0.3, -0.25) is 4.79 Å². The number of carbonyl (C=O) groups excluding carboxylic acids is 1. The van der Waals surface area contributed by atoms with Crippen molar-refractivity contribution >= 4 is 28.4 Å². The Bertz CT molecular complexity index is 1850. The summed E-state index contributed by atoms with van der Waals surface area (Å²) in [5, 5.41) is 28.7. The van der Waals surface area contributed by atoms with Gasteiger partial charge in [0, 0.05) is 22.3 Å². The van der Waals surface area contributed by atoms with Gasteiger partial charge in [-0.2, -0.15) is 4.68 Å². The Kier molecular flexibility index (Phi) is 10.2. The van der Waals surface area contributed by atoms with Crippen LogP contribution in [0.15, 0.2) is 88.9 Å². The van der Waals surface area contributed by atoms with E-state index in [1.54, 1.807) is 10.7 Å². The van der Waals surface area contributed by atoms with Gasteiger partial charge in [-0.1, -0.05) is 109 Å². The first-order chi connectivity index (χ1) is 22.5. The van der Waals surface area contributed by atoms with E-state index < -0.39 is 12.1 Å². The molecule has 1 heterocycles. The minimum Gasteiger partial charge on any atom is -0.506 e. The van der Waals surface area contributed by atoms with Gasteiger partial charge in [-0.05, 0) is 81.1 Å². The van der Waals surface area contributed by atoms with E-state index in [0.29, 0.717) is 17.0 Å². The SMILES string of the molecule is CCCC(NC(=O)c1cc(Sc2nnnn2-c2ccccc2)c2ccccc2c1O)Oc1ccc(C(C)(C)CC)cc1C(C)(C)CC. The third-order valence-electron chi connectivity index (χ3n) is 9.24. The fourth-order valence-electron chi connectivity index (χ4n) is 5.43. The summed E-state index contributed by atoms with van der Waals surface area (Å²) in [5.41, 5.74) is 3.26. The maximum absolute atomic E-state index is 14.0. The Labute approximate surface area is 281 Å². The number of carbonyl (C=O) groups is 1. The molecule has 0 aliphatic carbocycles. The Balaban J connectivity index is 1.48. The smallest absolute Gasteiger partial charge is 0.257 e. The number of rotatable bonds is 13. The molecule has 1 unspecified atom stereocenters. The molecule has 0 saturated carbocycles. The lowest BCUT2D eigenvalue weighted by molar-refractivity contribution is 0.0807. The fourth-order valence-corrected chi connectivity index (χ4v) is 6.40. The van der Waals surface area contributed by atoms with E-state index in [1.165, 1.54) is 17.3 Å². The zero-order valence-electron chi connectivity index (χ0n) is 28.4. The molecule has 2 N–H and O–H groups in total. The zero-order chi connectivity index (χ0) is 33.8. The number of hydrogen-bond donors (Lipinski definition) is 2. The van der Waals surface area contributed by atoms with Crippen molar-refractivity contribution < 1.29 is 14.6 Å². The van der Waals surface area contributed by atoms with Crippen LogP contribution in [0.5, 0.6) is 11.5 Å². The number of ether oxygens (including phenoxy) is 1. The standard InChI is InChI=1S/C38H45N5O3S/c1-8-16-33(46-31-22-21-25(37(4,5)9-2)23-30(31)38(6,7)10-3)39-35(45)29-24-32(27-19-14-15-20-28(27)34(29)44)47-36-40-41-42-43(36)26-17-12-11-13-18-26/h11-15,17-24,33,44H,8-10,16H2,1-7H3,(H,39,45). The Morgan fingerprint density at radius 3 is 2.28 bits per heavy atom. The number of aromatic nitrogens is 4. The van der Waals surface area contributed by atoms with Gasteiger partial charge in [0.25, 0.3) is 5.91 Å². The number of tetrazole rings is 1. The first-order valence-electron chi connectivity index (χ1n) is 16.4. The van der Waals surface area contributed by atoms with E-state index >= 15 is 0 Å². The van der Waals surface area contributed by atoms with Crippen molar-refractivity contribution in [3.63, 3.8) is 0 Å². The molecule has 9 heteroatoms. The molecular weight excluding hydrogens is 607 g/mol. The summed E-state index contributed by atoms with van der Waals surface area (Å²) in [5.74, 6) is 0.258. The van der Waals surface area contributed by atoms with Gasteiger partial charge < -0.3 is 15.2 Å². The maximum Gasteiger partial charge on any atom is 0.257 e. The van der Waals surface area contributed by atoms with Crippen LogP contribution in [0, 0.1) is 0 Å². The summed E-state index contributed by atoms with van der Waals surface area (Å²) in [4.78, 5) is 14.7. The minimum absolute atomic E-state index is 0.0296. The zero-order valence-corrected chi connectivity index (χ0v) is 29.2. The summed E-state index contributed by atoms with van der Waals surface area (Å²) in [6, 6.07) is 25.3. The van der Waals surface area contributed by atoms with Crippen LogP contribution in [0.3, 0.4) is 0 Å². The van der Waals surface area contributed by atoms with Crippen LogP contribution in [0.4, 0.5) is 0 Å². The van der Waals surface area contributed by atoms with Crippen LogP contribution in [-0.4, -0.2) is 37.4 Å². The summed E-state index contributed by atoms with van der Waals surface area (Å²) in [6.07, 6.45) is 2.75. The molecule has 8 nitrogen and oxygen atoms in total. The van der Waals surface area contributed by atoms with Gasteiger partial charge in [0.1, 0.15) is 11.5 Å². The van der Waals surface area contributed by atoms with E-state index in [0.717, 1.165) is 46.5 Å². The van der Waals surface area contributed by atoms with Crippen LogP contribution < -0.4 is 10.1 Å². The number of benzene rings is 4. The third kappa shape index (κ3) is 7.30. The average Bonchev–Trinajstić information content (AvgIpc) is 3.54. The van der Waals surface area contributed by atoms with Crippen LogP contribution in [0.2, 0.25) is 0 Å². The normalized spacial score (nSPS) is 12.7. The van der Waals surface area contributed by atoms with Crippen molar-refractivity contribution in [1.29, 1.82) is 0 Å². The molecule has 0 aliphatic rings. The highest BCUT2D eigenvalue weighted by Crippen LogP contribution is 2.41. The number of phenolic OH excluding ortho intramolecular Hbond substituents is 1. The second-order valence-electron chi connectivity index (χ2n) is 13.2. The quantitative estimate of drug-likeness (QED) is 0.123. The van der Waals surface area contributed by atoms with Crippen molar-refractivity contribution in [1.82, 2.24) is 25.5 Å². The van der Waals surface area contributed by atoms with Gasteiger partial charge in [0.2, 0.25) is 5.16 Å². The molecule has 0 bridgehead atoms. The number of para-hydroxylation sites is 1. The van der Waals surface area contributed by atoms with Crippen LogP contribution >= 0.6 is 11.8 Å². The lowest BCUT2D eigenvalue weighted by atomic mass is 9.76. The molecule has 5 rings (SSSR count). The third-order valence-corrected chi connectivity index (χ3v) is 10.2. The first-order valence-corrected chi connectivity index (χ1v) is 17.2. The highest BCUT2D eigenvalue weighted by Gasteiger charge is 2.29. The summed E-state index contributed by atoms with van der Waals surface area (Å²) in [6.45, 7) is 15.4. The lowest BCUT2D eigenvalue weighted by Gasteiger charge is -2.32. The van der Waals surface area contributed by atoms with Gasteiger partial charge in [0.15, 0.2) is 6.23 Å². The van der Waals surface area contributed by atoms with Crippen molar-refractivity contribution in [2.45, 2.75) is 101 Å². The summed E-state index contributed by atoms with van der Waals surface area (Å²) >= 11 is 1.33. The molecule has 4 aromatic carbocycles.